The van der Waals surface area contributed by atoms with Gasteiger partial charge in [0.1, 0.15) is 0 Å². The van der Waals surface area contributed by atoms with Gasteiger partial charge in [0.25, 0.3) is 0 Å². The zero-order chi connectivity index (χ0) is 22.4. The van der Waals surface area contributed by atoms with Gasteiger partial charge in [-0.05, 0) is 61.5 Å². The highest BCUT2D eigenvalue weighted by atomic mass is 16.2. The third-order valence-corrected chi connectivity index (χ3v) is 7.78. The van der Waals surface area contributed by atoms with E-state index >= 15 is 0 Å². The van der Waals surface area contributed by atoms with Crippen LogP contribution in [0.25, 0.3) is 16.6 Å². The number of benzene rings is 1. The number of carbonyl (C=O) groups is 1. The fourth-order valence-corrected chi connectivity index (χ4v) is 5.52. The fourth-order valence-electron chi connectivity index (χ4n) is 5.52. The number of amides is 1. The Morgan fingerprint density at radius 2 is 1.76 bits per heavy atom. The van der Waals surface area contributed by atoms with Crippen LogP contribution < -0.4 is 4.90 Å². The van der Waals surface area contributed by atoms with E-state index in [1.807, 2.05) is 10.7 Å². The number of carbonyl (C=O) groups excluding carboxylic acids is 1. The van der Waals surface area contributed by atoms with E-state index in [4.69, 9.17) is 0 Å². The molecule has 4 heterocycles. The van der Waals surface area contributed by atoms with Crippen LogP contribution in [0.4, 0.5) is 5.69 Å². The van der Waals surface area contributed by atoms with Gasteiger partial charge in [-0.3, -0.25) is 4.79 Å². The van der Waals surface area contributed by atoms with Crippen molar-refractivity contribution in [2.24, 2.45) is 5.92 Å². The molecule has 0 N–H and O–H groups in total. The summed E-state index contributed by atoms with van der Waals surface area (Å²) in [7, 11) is 0. The van der Waals surface area contributed by atoms with Gasteiger partial charge in [0.2, 0.25) is 5.91 Å². The summed E-state index contributed by atoms with van der Waals surface area (Å²) in [5, 5.41) is 4.58. The number of likely N-dealkylation sites (N-methyl/N-ethyl adjacent to an activating group) is 1. The van der Waals surface area contributed by atoms with Crippen LogP contribution in [0.5, 0.6) is 0 Å². The van der Waals surface area contributed by atoms with Gasteiger partial charge in [0.05, 0.1) is 11.2 Å². The highest BCUT2D eigenvalue weighted by Gasteiger charge is 2.34. The second-order valence-corrected chi connectivity index (χ2v) is 9.86. The number of rotatable bonds is 5. The normalized spacial score (nSPS) is 21.8. The van der Waals surface area contributed by atoms with E-state index in [1.54, 1.807) is 0 Å². The first-order valence-electron chi connectivity index (χ1n) is 12.5. The average molecular weight is 444 g/mol. The summed E-state index contributed by atoms with van der Waals surface area (Å²) in [4.78, 5) is 19.4. The second kappa shape index (κ2) is 8.49. The third-order valence-electron chi connectivity index (χ3n) is 7.78. The molecule has 33 heavy (non-hydrogen) atoms. The number of hydrogen-bond donors (Lipinski definition) is 0. The van der Waals surface area contributed by atoms with E-state index in [0.717, 1.165) is 51.1 Å². The molecule has 1 saturated carbocycles. The van der Waals surface area contributed by atoms with Crippen molar-refractivity contribution in [3.05, 3.63) is 54.4 Å². The molecule has 2 saturated heterocycles. The van der Waals surface area contributed by atoms with Gasteiger partial charge in [-0.2, -0.15) is 5.10 Å². The molecular formula is C27H33N5O. The maximum Gasteiger partial charge on any atom is 0.225 e. The van der Waals surface area contributed by atoms with Crippen LogP contribution in [-0.4, -0.2) is 71.1 Å². The second-order valence-electron chi connectivity index (χ2n) is 9.86. The lowest BCUT2D eigenvalue weighted by Crippen LogP contribution is -2.49. The van der Waals surface area contributed by atoms with Crippen molar-refractivity contribution in [3.63, 3.8) is 0 Å². The van der Waals surface area contributed by atoms with Crippen molar-refractivity contribution in [1.29, 1.82) is 0 Å². The minimum absolute atomic E-state index is 0.308. The van der Waals surface area contributed by atoms with Crippen molar-refractivity contribution in [2.45, 2.75) is 32.1 Å². The van der Waals surface area contributed by atoms with Crippen LogP contribution in [0.2, 0.25) is 0 Å². The molecule has 0 spiro atoms. The Morgan fingerprint density at radius 3 is 2.45 bits per heavy atom. The number of anilines is 1. The molecule has 6 nitrogen and oxygen atoms in total. The van der Waals surface area contributed by atoms with E-state index in [1.165, 1.54) is 41.9 Å². The lowest BCUT2D eigenvalue weighted by atomic mass is 9.96. The van der Waals surface area contributed by atoms with Gasteiger partial charge in [-0.25, -0.2) is 4.52 Å². The Labute approximate surface area is 195 Å². The maximum absolute atomic E-state index is 12.4. The fraction of sp³-hybridized carbons (Fsp3) is 0.481. The van der Waals surface area contributed by atoms with Crippen molar-refractivity contribution in [1.82, 2.24) is 19.4 Å². The summed E-state index contributed by atoms with van der Waals surface area (Å²) in [5.74, 6) is 1.33. The third kappa shape index (κ3) is 4.01. The molecule has 0 unspecified atom stereocenters. The zero-order valence-electron chi connectivity index (χ0n) is 19.5. The molecule has 172 valence electrons. The molecule has 0 radical (unpaired) electrons. The predicted octanol–water partition coefficient (Wildman–Crippen LogP) is 3.87. The average Bonchev–Trinajstić information content (AvgIpc) is 3.44. The number of aromatic nitrogens is 2. The quantitative estimate of drug-likeness (QED) is 0.601. The van der Waals surface area contributed by atoms with Crippen molar-refractivity contribution in [3.8, 4) is 11.1 Å². The molecule has 2 aliphatic heterocycles. The first-order valence-corrected chi connectivity index (χ1v) is 12.5. The molecular weight excluding hydrogens is 410 g/mol. The predicted molar refractivity (Wildman–Crippen MR) is 132 cm³/mol. The number of nitrogens with zero attached hydrogens (tertiary/aromatic N) is 5. The molecule has 1 atom stereocenters. The van der Waals surface area contributed by atoms with E-state index in [-0.39, 0.29) is 0 Å². The van der Waals surface area contributed by atoms with E-state index in [9.17, 15) is 4.79 Å². The molecule has 0 bridgehead atoms. The highest BCUT2D eigenvalue weighted by molar-refractivity contribution is 5.82. The van der Waals surface area contributed by atoms with Gasteiger partial charge >= 0.3 is 0 Å². The first-order chi connectivity index (χ1) is 16.2. The van der Waals surface area contributed by atoms with Crippen molar-refractivity contribution < 1.29 is 4.79 Å². The SMILES string of the molecule is CCN1CC[C@H](c2ccc(-c3cc4c(N5CCN(C(=O)C6CC6)CC5)ccnn4c3)cc2)C1. The molecule has 6 rings (SSSR count). The molecule has 6 heteroatoms. The molecule has 3 fully saturated rings. The largest absolute Gasteiger partial charge is 0.366 e. The van der Waals surface area contributed by atoms with Gasteiger partial charge in [-0.1, -0.05) is 31.2 Å². The number of fused-ring (bicyclic) bond motifs is 1. The summed E-state index contributed by atoms with van der Waals surface area (Å²) in [6, 6.07) is 13.5. The topological polar surface area (TPSA) is 44.1 Å². The van der Waals surface area contributed by atoms with E-state index < -0.39 is 0 Å². The summed E-state index contributed by atoms with van der Waals surface area (Å²) >= 11 is 0. The molecule has 1 amide bonds. The maximum atomic E-state index is 12.4. The van der Waals surface area contributed by atoms with Gasteiger partial charge in [-0.15, -0.1) is 0 Å². The Balaban J connectivity index is 1.20. The molecule has 3 aromatic rings. The highest BCUT2D eigenvalue weighted by Crippen LogP contribution is 2.33. The molecule has 1 aromatic carbocycles. The smallest absolute Gasteiger partial charge is 0.225 e. The minimum atomic E-state index is 0.308. The van der Waals surface area contributed by atoms with Gasteiger partial charge in [0.15, 0.2) is 0 Å². The van der Waals surface area contributed by atoms with Crippen LogP contribution >= 0.6 is 0 Å². The lowest BCUT2D eigenvalue weighted by molar-refractivity contribution is -0.132. The summed E-state index contributed by atoms with van der Waals surface area (Å²) in [6.07, 6.45) is 7.44. The van der Waals surface area contributed by atoms with Crippen LogP contribution in [0, 0.1) is 5.92 Å². The van der Waals surface area contributed by atoms with Crippen LogP contribution in [0.15, 0.2) is 48.8 Å². The van der Waals surface area contributed by atoms with Gasteiger partial charge < -0.3 is 14.7 Å². The summed E-state index contributed by atoms with van der Waals surface area (Å²) < 4.78 is 2.00. The lowest BCUT2D eigenvalue weighted by Gasteiger charge is -2.36. The summed E-state index contributed by atoms with van der Waals surface area (Å²) in [6.45, 7) is 9.17. The van der Waals surface area contributed by atoms with Crippen LogP contribution in [-0.2, 0) is 4.79 Å². The summed E-state index contributed by atoms with van der Waals surface area (Å²) in [5.41, 5.74) is 6.23. The van der Waals surface area contributed by atoms with E-state index in [0.29, 0.717) is 17.7 Å². The van der Waals surface area contributed by atoms with Crippen LogP contribution in [0.3, 0.4) is 0 Å². The molecule has 3 aliphatic rings. The molecule has 1 aliphatic carbocycles. The zero-order valence-corrected chi connectivity index (χ0v) is 19.5. The Kier molecular flexibility index (Phi) is 5.33. The Bertz CT molecular complexity index is 1140. The monoisotopic (exact) mass is 443 g/mol. The number of likely N-dealkylation sites (tertiary alicyclic amines) is 1. The Morgan fingerprint density at radius 1 is 0.970 bits per heavy atom. The Hall–Kier alpha value is -2.86. The standard InChI is InChI=1S/C27H33N5O/c1-2-29-12-10-23(18-29)20-3-5-21(6-4-20)24-17-26-25(9-11-28-32(26)19-24)30-13-15-31(16-14-30)27(33)22-7-8-22/h3-6,9,11,17,19,22-23H,2,7-8,10,12-16,18H2,1H3/t23-/m0/s1. The van der Waals surface area contributed by atoms with Gasteiger partial charge in [0, 0.05) is 56.6 Å². The van der Waals surface area contributed by atoms with Crippen molar-refractivity contribution >= 4 is 17.1 Å². The number of piperazine rings is 1. The van der Waals surface area contributed by atoms with E-state index in [2.05, 4.69) is 69.3 Å². The van der Waals surface area contributed by atoms with Crippen LogP contribution in [0.1, 0.15) is 37.7 Å². The minimum Gasteiger partial charge on any atom is -0.366 e. The number of hydrogen-bond acceptors (Lipinski definition) is 4. The first kappa shape index (κ1) is 20.7. The molecule has 2 aromatic heterocycles. The van der Waals surface area contributed by atoms with Crippen molar-refractivity contribution in [2.75, 3.05) is 50.7 Å².